The molecule has 2 rings (SSSR count). The van der Waals surface area contributed by atoms with Gasteiger partial charge in [-0.25, -0.2) is 8.42 Å². The van der Waals surface area contributed by atoms with Crippen molar-refractivity contribution in [1.29, 1.82) is 0 Å². The fourth-order valence-electron chi connectivity index (χ4n) is 2.42. The molecule has 0 saturated carbocycles. The minimum atomic E-state index is -3.16. The number of nitrogens with zero attached hydrogens (tertiary/aromatic N) is 3. The number of rotatable bonds is 7. The predicted molar refractivity (Wildman–Crippen MR) is 94.0 cm³/mol. The number of aromatic nitrogens is 2. The van der Waals surface area contributed by atoms with E-state index >= 15 is 0 Å². The molecule has 0 aliphatic heterocycles. The van der Waals surface area contributed by atoms with Crippen molar-refractivity contribution >= 4 is 15.7 Å². The van der Waals surface area contributed by atoms with E-state index in [0.29, 0.717) is 6.54 Å². The number of carbonyl (C=O) groups excluding carboxylic acids is 1. The number of sulfone groups is 1. The minimum absolute atomic E-state index is 0.0829. The average Bonchev–Trinajstić information content (AvgIpc) is 2.96. The zero-order valence-corrected chi connectivity index (χ0v) is 14.7. The zero-order valence-electron chi connectivity index (χ0n) is 13.8. The van der Waals surface area contributed by atoms with Crippen LogP contribution in [-0.4, -0.2) is 47.6 Å². The maximum absolute atomic E-state index is 12.1. The second-order valence-corrected chi connectivity index (χ2v) is 7.85. The lowest BCUT2D eigenvalue weighted by molar-refractivity contribution is -0.126. The van der Waals surface area contributed by atoms with E-state index in [9.17, 15) is 13.2 Å². The molecule has 0 saturated heterocycles. The van der Waals surface area contributed by atoms with Crippen LogP contribution < -0.4 is 0 Å². The number of hydrogen-bond acceptors (Lipinski definition) is 4. The molecule has 2 aromatic rings. The summed E-state index contributed by atoms with van der Waals surface area (Å²) in [5.74, 6) is -0.376. The molecule has 24 heavy (non-hydrogen) atoms. The van der Waals surface area contributed by atoms with Crippen LogP contribution >= 0.6 is 0 Å². The Kier molecular flexibility index (Phi) is 5.56. The zero-order chi connectivity index (χ0) is 17.7. The Labute approximate surface area is 142 Å². The molecule has 1 amide bonds. The molecular weight excluding hydrogens is 326 g/mol. The molecule has 0 spiro atoms. The molecule has 0 aliphatic rings. The number of aryl methyl sites for hydroxylation is 1. The number of benzene rings is 1. The number of hydrogen-bond donors (Lipinski definition) is 0. The van der Waals surface area contributed by atoms with Crippen LogP contribution in [0.2, 0.25) is 0 Å². The van der Waals surface area contributed by atoms with Crippen molar-refractivity contribution in [3.63, 3.8) is 0 Å². The first-order chi connectivity index (χ1) is 11.3. The van der Waals surface area contributed by atoms with E-state index in [0.717, 1.165) is 23.1 Å². The van der Waals surface area contributed by atoms with E-state index < -0.39 is 9.84 Å². The molecule has 0 N–H and O–H groups in total. The lowest BCUT2D eigenvalue weighted by Gasteiger charge is -2.22. The Hall–Kier alpha value is -2.41. The third-order valence-electron chi connectivity index (χ3n) is 3.69. The third kappa shape index (κ3) is 4.55. The summed E-state index contributed by atoms with van der Waals surface area (Å²) in [7, 11) is -1.31. The summed E-state index contributed by atoms with van der Waals surface area (Å²) < 4.78 is 24.6. The van der Waals surface area contributed by atoms with Crippen LogP contribution in [0.3, 0.4) is 0 Å². The molecular formula is C17H21N3O3S. The standard InChI is InChI=1S/C17H21N3O3S/c1-4-17(21)20(11-12-24(3,22)23)13-14-7-5-6-8-15(14)16-9-10-18-19(16)2/h4-10H,1,11-13H2,2-3H3. The Balaban J connectivity index is 2.31. The van der Waals surface area contributed by atoms with Crippen LogP contribution in [0.1, 0.15) is 5.56 Å². The van der Waals surface area contributed by atoms with Gasteiger partial charge in [0.2, 0.25) is 5.91 Å². The van der Waals surface area contributed by atoms with Crippen molar-refractivity contribution in [3.8, 4) is 11.3 Å². The molecule has 0 unspecified atom stereocenters. The van der Waals surface area contributed by atoms with Crippen LogP contribution in [0.15, 0.2) is 49.2 Å². The average molecular weight is 347 g/mol. The molecule has 0 bridgehead atoms. The largest absolute Gasteiger partial charge is 0.334 e. The smallest absolute Gasteiger partial charge is 0.246 e. The maximum Gasteiger partial charge on any atom is 0.246 e. The van der Waals surface area contributed by atoms with Crippen LogP contribution in [0.25, 0.3) is 11.3 Å². The van der Waals surface area contributed by atoms with Crippen LogP contribution in [0, 0.1) is 0 Å². The summed E-state index contributed by atoms with van der Waals surface area (Å²) in [5.41, 5.74) is 2.81. The highest BCUT2D eigenvalue weighted by Gasteiger charge is 2.16. The first-order valence-electron chi connectivity index (χ1n) is 7.47. The van der Waals surface area contributed by atoms with E-state index in [4.69, 9.17) is 0 Å². The van der Waals surface area contributed by atoms with Crippen LogP contribution in [0.5, 0.6) is 0 Å². The van der Waals surface area contributed by atoms with Crippen molar-refractivity contribution in [1.82, 2.24) is 14.7 Å². The van der Waals surface area contributed by atoms with Gasteiger partial charge in [-0.3, -0.25) is 9.48 Å². The summed E-state index contributed by atoms with van der Waals surface area (Å²) in [6.07, 6.45) is 4.07. The van der Waals surface area contributed by atoms with E-state index in [2.05, 4.69) is 11.7 Å². The summed E-state index contributed by atoms with van der Waals surface area (Å²) in [6, 6.07) is 9.59. The minimum Gasteiger partial charge on any atom is -0.334 e. The quantitative estimate of drug-likeness (QED) is 0.714. The summed E-state index contributed by atoms with van der Waals surface area (Å²) in [4.78, 5) is 13.6. The van der Waals surface area contributed by atoms with Gasteiger partial charge in [0.25, 0.3) is 0 Å². The first kappa shape index (κ1) is 17.9. The van der Waals surface area contributed by atoms with E-state index in [1.165, 1.54) is 11.0 Å². The third-order valence-corrected chi connectivity index (χ3v) is 4.62. The molecule has 0 aliphatic carbocycles. The lowest BCUT2D eigenvalue weighted by Crippen LogP contribution is -2.33. The van der Waals surface area contributed by atoms with Gasteiger partial charge in [-0.1, -0.05) is 30.8 Å². The molecule has 1 aromatic carbocycles. The fraction of sp³-hybridized carbons (Fsp3) is 0.294. The molecule has 0 fully saturated rings. The second-order valence-electron chi connectivity index (χ2n) is 5.59. The van der Waals surface area contributed by atoms with Crippen molar-refractivity contribution in [3.05, 3.63) is 54.7 Å². The molecule has 0 radical (unpaired) electrons. The topological polar surface area (TPSA) is 72.3 Å². The fourth-order valence-corrected chi connectivity index (χ4v) is 2.98. The molecule has 0 atom stereocenters. The highest BCUT2D eigenvalue weighted by molar-refractivity contribution is 7.90. The lowest BCUT2D eigenvalue weighted by atomic mass is 10.0. The van der Waals surface area contributed by atoms with E-state index in [-0.39, 0.29) is 18.2 Å². The van der Waals surface area contributed by atoms with Gasteiger partial charge in [0.15, 0.2) is 0 Å². The van der Waals surface area contributed by atoms with E-state index in [1.54, 1.807) is 10.9 Å². The molecule has 6 nitrogen and oxygen atoms in total. The number of carbonyl (C=O) groups is 1. The van der Waals surface area contributed by atoms with Crippen molar-refractivity contribution in [2.45, 2.75) is 6.54 Å². The number of amides is 1. The monoisotopic (exact) mass is 347 g/mol. The molecule has 1 heterocycles. The molecule has 128 valence electrons. The van der Waals surface area contributed by atoms with Gasteiger partial charge in [-0.2, -0.15) is 5.10 Å². The maximum atomic E-state index is 12.1. The predicted octanol–water partition coefficient (Wildman–Crippen LogP) is 1.65. The van der Waals surface area contributed by atoms with Crippen LogP contribution in [0.4, 0.5) is 0 Å². The SMILES string of the molecule is C=CC(=O)N(CCS(C)(=O)=O)Cc1ccccc1-c1ccnn1C. The molecule has 7 heteroatoms. The molecule has 1 aromatic heterocycles. The van der Waals surface area contributed by atoms with Gasteiger partial charge in [0.05, 0.1) is 11.4 Å². The van der Waals surface area contributed by atoms with Gasteiger partial charge >= 0.3 is 0 Å². The second kappa shape index (κ2) is 7.44. The Morgan fingerprint density at radius 3 is 2.62 bits per heavy atom. The van der Waals surface area contributed by atoms with Crippen molar-refractivity contribution in [2.24, 2.45) is 7.05 Å². The first-order valence-corrected chi connectivity index (χ1v) is 9.53. The summed E-state index contributed by atoms with van der Waals surface area (Å²) >= 11 is 0. The highest BCUT2D eigenvalue weighted by atomic mass is 32.2. The Bertz CT molecular complexity index is 840. The van der Waals surface area contributed by atoms with Gasteiger partial charge in [-0.15, -0.1) is 0 Å². The van der Waals surface area contributed by atoms with Crippen LogP contribution in [-0.2, 0) is 28.2 Å². The Morgan fingerprint density at radius 1 is 1.33 bits per heavy atom. The summed E-state index contributed by atoms with van der Waals surface area (Å²) in [6.45, 7) is 3.93. The van der Waals surface area contributed by atoms with Gasteiger partial charge < -0.3 is 4.90 Å². The normalized spacial score (nSPS) is 11.2. The van der Waals surface area contributed by atoms with Gasteiger partial charge in [0, 0.05) is 38.2 Å². The summed E-state index contributed by atoms with van der Waals surface area (Å²) in [5, 5.41) is 4.17. The van der Waals surface area contributed by atoms with Gasteiger partial charge in [-0.05, 0) is 17.7 Å². The van der Waals surface area contributed by atoms with Crippen molar-refractivity contribution < 1.29 is 13.2 Å². The van der Waals surface area contributed by atoms with Gasteiger partial charge in [0.1, 0.15) is 9.84 Å². The van der Waals surface area contributed by atoms with Crippen molar-refractivity contribution in [2.75, 3.05) is 18.6 Å². The Morgan fingerprint density at radius 2 is 2.04 bits per heavy atom. The van der Waals surface area contributed by atoms with E-state index in [1.807, 2.05) is 37.4 Å². The highest BCUT2D eigenvalue weighted by Crippen LogP contribution is 2.24.